The molecule has 0 rings (SSSR count). The Kier molecular flexibility index (Phi) is 41.4. The number of nitrogens with two attached hydrogens (primary N) is 1. The van der Waals surface area contributed by atoms with Gasteiger partial charge in [0.2, 0.25) is 0 Å². The summed E-state index contributed by atoms with van der Waals surface area (Å²) >= 11 is 0. The number of hydrogen-bond acceptors (Lipinski definition) is 8. The summed E-state index contributed by atoms with van der Waals surface area (Å²) in [4.78, 5) is 34.9. The normalized spacial score (nSPS) is 13.3. The Bertz CT molecular complexity index is 917. The van der Waals surface area contributed by atoms with E-state index in [2.05, 4.69) is 26.0 Å². The van der Waals surface area contributed by atoms with Gasteiger partial charge in [0.15, 0.2) is 6.10 Å². The molecule has 0 aliphatic rings. The summed E-state index contributed by atoms with van der Waals surface area (Å²) < 4.78 is 32.8. The number of rotatable bonds is 44. The maximum Gasteiger partial charge on any atom is 0.472 e. The molecule has 10 heteroatoms. The van der Waals surface area contributed by atoms with Gasteiger partial charge in [-0.05, 0) is 38.5 Å². The fourth-order valence-electron chi connectivity index (χ4n) is 6.69. The second kappa shape index (κ2) is 42.4. The van der Waals surface area contributed by atoms with Crippen LogP contribution in [0.3, 0.4) is 0 Å². The first-order valence-electron chi connectivity index (χ1n) is 23.2. The third kappa shape index (κ3) is 42.2. The van der Waals surface area contributed by atoms with Crippen LogP contribution in [0.5, 0.6) is 0 Å². The lowest BCUT2D eigenvalue weighted by molar-refractivity contribution is -0.161. The molecule has 0 spiro atoms. The molecule has 0 fully saturated rings. The van der Waals surface area contributed by atoms with Gasteiger partial charge in [0.25, 0.3) is 0 Å². The second-order valence-electron chi connectivity index (χ2n) is 15.6. The number of ether oxygens (including phenoxy) is 2. The first kappa shape index (κ1) is 53.8. The highest BCUT2D eigenvalue weighted by Crippen LogP contribution is 2.43. The molecular weight excluding hydrogens is 713 g/mol. The standard InChI is InChI=1S/C45H88NO8P/c1-3-5-7-9-11-13-15-17-19-20-21-22-24-26-28-30-32-34-36-38-45(48)54-43(42-53-55(49,50)52-40-39-46)41-51-44(47)37-35-33-31-29-27-25-23-18-16-14-12-10-8-6-4-2/h14,16,43H,3-13,15,17-42,46H2,1-2H3,(H,49,50). The molecule has 0 aliphatic carbocycles. The highest BCUT2D eigenvalue weighted by Gasteiger charge is 2.26. The minimum absolute atomic E-state index is 0.0558. The van der Waals surface area contributed by atoms with Gasteiger partial charge in [0, 0.05) is 19.4 Å². The van der Waals surface area contributed by atoms with E-state index in [4.69, 9.17) is 24.3 Å². The topological polar surface area (TPSA) is 134 Å². The largest absolute Gasteiger partial charge is 0.472 e. The maximum absolute atomic E-state index is 12.6. The molecule has 2 atom stereocenters. The third-order valence-corrected chi connectivity index (χ3v) is 11.1. The predicted octanol–water partition coefficient (Wildman–Crippen LogP) is 13.4. The van der Waals surface area contributed by atoms with E-state index < -0.39 is 26.5 Å². The second-order valence-corrected chi connectivity index (χ2v) is 17.1. The first-order chi connectivity index (χ1) is 26.8. The minimum Gasteiger partial charge on any atom is -0.462 e. The van der Waals surface area contributed by atoms with Crippen molar-refractivity contribution in [2.75, 3.05) is 26.4 Å². The van der Waals surface area contributed by atoms with Gasteiger partial charge >= 0.3 is 19.8 Å². The fraction of sp³-hybridized carbons (Fsp3) is 0.911. The molecule has 326 valence electrons. The SMILES string of the molecule is CCCCCCC=CCCCCCCCCCC(=O)OCC(COP(=O)(O)OCCN)OC(=O)CCCCCCCCCCCCCCCCCCCCC. The molecule has 0 radical (unpaired) electrons. The lowest BCUT2D eigenvalue weighted by atomic mass is 10.0. The highest BCUT2D eigenvalue weighted by atomic mass is 31.2. The monoisotopic (exact) mass is 802 g/mol. The zero-order chi connectivity index (χ0) is 40.3. The number of unbranched alkanes of at least 4 members (excludes halogenated alkanes) is 29. The smallest absolute Gasteiger partial charge is 0.462 e. The average molecular weight is 802 g/mol. The lowest BCUT2D eigenvalue weighted by Crippen LogP contribution is -2.29. The zero-order valence-electron chi connectivity index (χ0n) is 35.9. The molecule has 0 bridgehead atoms. The van der Waals surface area contributed by atoms with Crippen molar-refractivity contribution in [2.24, 2.45) is 5.73 Å². The van der Waals surface area contributed by atoms with Gasteiger partial charge in [-0.2, -0.15) is 0 Å². The van der Waals surface area contributed by atoms with Gasteiger partial charge in [-0.3, -0.25) is 18.6 Å². The summed E-state index contributed by atoms with van der Waals surface area (Å²) in [6.07, 6.45) is 43.8. The molecule has 0 aromatic rings. The van der Waals surface area contributed by atoms with Crippen molar-refractivity contribution in [1.29, 1.82) is 0 Å². The van der Waals surface area contributed by atoms with Gasteiger partial charge in [-0.1, -0.05) is 193 Å². The highest BCUT2D eigenvalue weighted by molar-refractivity contribution is 7.47. The Morgan fingerprint density at radius 1 is 0.527 bits per heavy atom. The van der Waals surface area contributed by atoms with Crippen LogP contribution in [0.4, 0.5) is 0 Å². The average Bonchev–Trinajstić information content (AvgIpc) is 3.17. The van der Waals surface area contributed by atoms with Crippen molar-refractivity contribution in [3.05, 3.63) is 12.2 Å². The van der Waals surface area contributed by atoms with Crippen LogP contribution in [-0.4, -0.2) is 49.3 Å². The van der Waals surface area contributed by atoms with Crippen LogP contribution in [0, 0.1) is 0 Å². The number of hydrogen-bond donors (Lipinski definition) is 2. The van der Waals surface area contributed by atoms with Gasteiger partial charge in [0.05, 0.1) is 13.2 Å². The van der Waals surface area contributed by atoms with Gasteiger partial charge < -0.3 is 20.1 Å². The maximum atomic E-state index is 12.6. The number of phosphoric ester groups is 1. The lowest BCUT2D eigenvalue weighted by Gasteiger charge is -2.19. The van der Waals surface area contributed by atoms with E-state index in [0.29, 0.717) is 6.42 Å². The quantitative estimate of drug-likeness (QED) is 0.0267. The molecule has 0 aromatic heterocycles. The number of esters is 2. The Hall–Kier alpha value is -1.25. The molecule has 2 unspecified atom stereocenters. The Morgan fingerprint density at radius 2 is 0.891 bits per heavy atom. The van der Waals surface area contributed by atoms with Crippen LogP contribution in [-0.2, 0) is 32.7 Å². The van der Waals surface area contributed by atoms with E-state index in [9.17, 15) is 19.0 Å². The van der Waals surface area contributed by atoms with Crippen LogP contribution in [0.25, 0.3) is 0 Å². The van der Waals surface area contributed by atoms with Crippen molar-refractivity contribution in [2.45, 2.75) is 238 Å². The van der Waals surface area contributed by atoms with E-state index in [1.54, 1.807) is 0 Å². The molecule has 0 aliphatic heterocycles. The van der Waals surface area contributed by atoms with Gasteiger partial charge in [-0.25, -0.2) is 4.57 Å². The molecular formula is C45H88NO8P. The first-order valence-corrected chi connectivity index (χ1v) is 24.7. The van der Waals surface area contributed by atoms with Crippen LogP contribution in [0.2, 0.25) is 0 Å². The number of phosphoric acid groups is 1. The Labute approximate surface area is 339 Å². The fourth-order valence-corrected chi connectivity index (χ4v) is 7.45. The summed E-state index contributed by atoms with van der Waals surface area (Å²) in [5.74, 6) is -0.821. The van der Waals surface area contributed by atoms with Crippen molar-refractivity contribution in [3.63, 3.8) is 0 Å². The van der Waals surface area contributed by atoms with E-state index in [1.807, 2.05) is 0 Å². The molecule has 0 saturated carbocycles. The molecule has 0 amide bonds. The molecule has 0 heterocycles. The van der Waals surface area contributed by atoms with E-state index in [-0.39, 0.29) is 38.6 Å². The van der Waals surface area contributed by atoms with Crippen molar-refractivity contribution in [1.82, 2.24) is 0 Å². The van der Waals surface area contributed by atoms with Crippen LogP contribution in [0.1, 0.15) is 232 Å². The summed E-state index contributed by atoms with van der Waals surface area (Å²) in [5.41, 5.74) is 5.35. The van der Waals surface area contributed by atoms with Gasteiger partial charge in [0.1, 0.15) is 6.61 Å². The van der Waals surface area contributed by atoms with E-state index in [1.165, 1.54) is 154 Å². The molecule has 0 aromatic carbocycles. The summed E-state index contributed by atoms with van der Waals surface area (Å²) in [6, 6.07) is 0. The summed E-state index contributed by atoms with van der Waals surface area (Å²) in [5, 5.41) is 0. The van der Waals surface area contributed by atoms with E-state index in [0.717, 1.165) is 44.9 Å². The van der Waals surface area contributed by atoms with E-state index >= 15 is 0 Å². The molecule has 9 nitrogen and oxygen atoms in total. The van der Waals surface area contributed by atoms with Crippen LogP contribution in [0.15, 0.2) is 12.2 Å². The van der Waals surface area contributed by atoms with Crippen molar-refractivity contribution >= 4 is 19.8 Å². The van der Waals surface area contributed by atoms with Gasteiger partial charge in [-0.15, -0.1) is 0 Å². The van der Waals surface area contributed by atoms with Crippen molar-refractivity contribution in [3.8, 4) is 0 Å². The summed E-state index contributed by atoms with van der Waals surface area (Å²) in [7, 11) is -4.37. The predicted molar refractivity (Wildman–Crippen MR) is 229 cm³/mol. The molecule has 3 N–H and O–H groups in total. The Balaban J connectivity index is 4.07. The summed E-state index contributed by atoms with van der Waals surface area (Å²) in [6.45, 7) is 3.75. The van der Waals surface area contributed by atoms with Crippen LogP contribution < -0.4 is 5.73 Å². The number of carbonyl (C=O) groups excluding carboxylic acids is 2. The number of carbonyl (C=O) groups is 2. The molecule has 0 saturated heterocycles. The van der Waals surface area contributed by atoms with Crippen molar-refractivity contribution < 1.29 is 37.6 Å². The zero-order valence-corrected chi connectivity index (χ0v) is 36.8. The molecule has 55 heavy (non-hydrogen) atoms. The number of allylic oxidation sites excluding steroid dienone is 2. The van der Waals surface area contributed by atoms with Crippen LogP contribution >= 0.6 is 7.82 Å². The Morgan fingerprint density at radius 3 is 1.31 bits per heavy atom. The minimum atomic E-state index is -4.37. The third-order valence-electron chi connectivity index (χ3n) is 10.2.